The maximum Gasteiger partial charge on any atom is 0.482 e. The third kappa shape index (κ3) is 7.09. The molecule has 0 aliphatic heterocycles. The topological polar surface area (TPSA) is 77.8 Å². The summed E-state index contributed by atoms with van der Waals surface area (Å²) < 4.78 is 0. The second-order valence-corrected chi connectivity index (χ2v) is 2.20. The number of carbonyl (C=O) groups is 1. The van der Waals surface area contributed by atoms with Crippen molar-refractivity contribution in [3.63, 3.8) is 0 Å². The lowest BCUT2D eigenvalue weighted by atomic mass is 10.2. The molecule has 0 atom stereocenters. The van der Waals surface area contributed by atoms with Crippen molar-refractivity contribution in [3.05, 3.63) is 42.0 Å². The maximum absolute atomic E-state index is 10.1. The molecule has 1 aromatic carbocycles. The molecule has 0 bridgehead atoms. The van der Waals surface area contributed by atoms with Crippen LogP contribution >= 0.6 is 0 Å². The van der Waals surface area contributed by atoms with Crippen molar-refractivity contribution in [2.45, 2.75) is 0 Å². The van der Waals surface area contributed by atoms with E-state index in [1.165, 1.54) is 0 Å². The van der Waals surface area contributed by atoms with E-state index in [9.17, 15) is 4.79 Å². The van der Waals surface area contributed by atoms with Crippen molar-refractivity contribution in [3.8, 4) is 0 Å². The number of carboxylic acid groups (broad SMARTS) is 1. The molecule has 0 amide bonds. The lowest BCUT2D eigenvalue weighted by Gasteiger charge is -1.87. The van der Waals surface area contributed by atoms with Crippen molar-refractivity contribution in [1.29, 1.82) is 0 Å². The first kappa shape index (κ1) is 12.4. The smallest absolute Gasteiger partial charge is 0.478 e. The van der Waals surface area contributed by atoms with Gasteiger partial charge in [0, 0.05) is 6.08 Å². The predicted molar refractivity (Wildman–Crippen MR) is 53.3 cm³/mol. The zero-order valence-corrected chi connectivity index (χ0v) is 7.37. The Labute approximate surface area is 82.4 Å². The van der Waals surface area contributed by atoms with Gasteiger partial charge in [0.2, 0.25) is 0 Å². The second kappa shape index (κ2) is 8.03. The second-order valence-electron chi connectivity index (χ2n) is 2.20. The van der Waals surface area contributed by atoms with Crippen LogP contribution in [0.25, 0.3) is 6.08 Å². The van der Waals surface area contributed by atoms with E-state index in [1.54, 1.807) is 6.08 Å². The molecule has 0 saturated heterocycles. The largest absolute Gasteiger partial charge is 0.482 e. The lowest BCUT2D eigenvalue weighted by molar-refractivity contribution is -0.131. The van der Waals surface area contributed by atoms with Gasteiger partial charge in [0.1, 0.15) is 0 Å². The van der Waals surface area contributed by atoms with E-state index in [1.807, 2.05) is 30.3 Å². The van der Waals surface area contributed by atoms with E-state index in [0.717, 1.165) is 11.6 Å². The van der Waals surface area contributed by atoms with Crippen molar-refractivity contribution < 1.29 is 19.9 Å². The third-order valence-electron chi connectivity index (χ3n) is 1.22. The lowest BCUT2D eigenvalue weighted by Crippen LogP contribution is -1.85. The first-order chi connectivity index (χ1) is 6.70. The Kier molecular flexibility index (Phi) is 7.12. The van der Waals surface area contributed by atoms with Crippen molar-refractivity contribution >= 4 is 19.7 Å². The number of benzene rings is 1. The van der Waals surface area contributed by atoms with Gasteiger partial charge in [-0.25, -0.2) is 4.79 Å². The Bertz CT molecular complexity index is 284. The van der Waals surface area contributed by atoms with Crippen LogP contribution in [0.2, 0.25) is 0 Å². The van der Waals surface area contributed by atoms with E-state index in [-0.39, 0.29) is 7.69 Å². The SMILES string of the molecule is O=C(O)/C=C/c1ccccc1.O[B]O. The van der Waals surface area contributed by atoms with Crippen LogP contribution in [0.5, 0.6) is 0 Å². The van der Waals surface area contributed by atoms with Crippen molar-refractivity contribution in [2.24, 2.45) is 0 Å². The van der Waals surface area contributed by atoms with Crippen LogP contribution in [-0.4, -0.2) is 28.8 Å². The summed E-state index contributed by atoms with van der Waals surface area (Å²) in [7, 11) is 0. The fourth-order valence-corrected chi connectivity index (χ4v) is 0.732. The van der Waals surface area contributed by atoms with Crippen molar-refractivity contribution in [1.82, 2.24) is 0 Å². The monoisotopic (exact) mass is 193 g/mol. The van der Waals surface area contributed by atoms with E-state index < -0.39 is 5.97 Å². The molecule has 1 rings (SSSR count). The molecule has 0 aromatic heterocycles. The summed E-state index contributed by atoms with van der Waals surface area (Å²) in [6, 6.07) is 9.31. The number of hydrogen-bond acceptors (Lipinski definition) is 3. The maximum atomic E-state index is 10.1. The van der Waals surface area contributed by atoms with Gasteiger partial charge in [0.25, 0.3) is 0 Å². The minimum atomic E-state index is -0.922. The molecule has 1 radical (unpaired) electrons. The fraction of sp³-hybridized carbons (Fsp3) is 0. The summed E-state index contributed by atoms with van der Waals surface area (Å²) in [4.78, 5) is 10.1. The van der Waals surface area contributed by atoms with E-state index in [2.05, 4.69) is 0 Å². The molecular weight excluding hydrogens is 183 g/mol. The minimum Gasteiger partial charge on any atom is -0.478 e. The van der Waals surface area contributed by atoms with Gasteiger partial charge < -0.3 is 15.2 Å². The van der Waals surface area contributed by atoms with Gasteiger partial charge in [-0.15, -0.1) is 0 Å². The quantitative estimate of drug-likeness (QED) is 0.465. The Morgan fingerprint density at radius 1 is 1.21 bits per heavy atom. The zero-order valence-electron chi connectivity index (χ0n) is 7.37. The van der Waals surface area contributed by atoms with E-state index in [4.69, 9.17) is 15.2 Å². The molecule has 0 unspecified atom stereocenters. The number of carboxylic acids is 1. The van der Waals surface area contributed by atoms with Crippen LogP contribution in [0, 0.1) is 0 Å². The molecule has 5 heteroatoms. The van der Waals surface area contributed by atoms with E-state index >= 15 is 0 Å². The molecule has 4 nitrogen and oxygen atoms in total. The molecule has 0 heterocycles. The summed E-state index contributed by atoms with van der Waals surface area (Å²) in [6.07, 6.45) is 2.68. The average Bonchev–Trinajstić information content (AvgIpc) is 2.18. The highest BCUT2D eigenvalue weighted by Gasteiger charge is 1.85. The Balaban J connectivity index is 0.000000500. The highest BCUT2D eigenvalue weighted by molar-refractivity contribution is 6.13. The molecule has 0 saturated carbocycles. The van der Waals surface area contributed by atoms with Gasteiger partial charge >= 0.3 is 13.7 Å². The van der Waals surface area contributed by atoms with Crippen LogP contribution in [0.4, 0.5) is 0 Å². The van der Waals surface area contributed by atoms with Crippen LogP contribution in [0.1, 0.15) is 5.56 Å². The zero-order chi connectivity index (χ0) is 10.8. The average molecular weight is 193 g/mol. The Morgan fingerprint density at radius 3 is 2.14 bits per heavy atom. The highest BCUT2D eigenvalue weighted by Crippen LogP contribution is 1.99. The summed E-state index contributed by atoms with van der Waals surface area (Å²) in [5.41, 5.74) is 0.898. The Morgan fingerprint density at radius 2 is 1.71 bits per heavy atom. The van der Waals surface area contributed by atoms with Gasteiger partial charge in [0.15, 0.2) is 0 Å². The molecule has 0 aliphatic carbocycles. The van der Waals surface area contributed by atoms with Crippen LogP contribution in [0.15, 0.2) is 36.4 Å². The van der Waals surface area contributed by atoms with Crippen molar-refractivity contribution in [2.75, 3.05) is 0 Å². The molecule has 3 N–H and O–H groups in total. The van der Waals surface area contributed by atoms with Gasteiger partial charge in [-0.1, -0.05) is 30.3 Å². The summed E-state index contributed by atoms with van der Waals surface area (Å²) in [5, 5.41) is 22.3. The highest BCUT2D eigenvalue weighted by atomic mass is 16.4. The van der Waals surface area contributed by atoms with Gasteiger partial charge in [0.05, 0.1) is 0 Å². The molecule has 1 aromatic rings. The summed E-state index contributed by atoms with van der Waals surface area (Å²) >= 11 is 0. The third-order valence-corrected chi connectivity index (χ3v) is 1.22. The standard InChI is InChI=1S/C9H8O2.BH2O2/c10-9(11)7-6-8-4-2-1-3-5-8;2-1-3/h1-7H,(H,10,11);2-3H/b7-6+;. The van der Waals surface area contributed by atoms with Gasteiger partial charge in [-0.05, 0) is 11.6 Å². The van der Waals surface area contributed by atoms with Crippen LogP contribution < -0.4 is 0 Å². The molecule has 0 spiro atoms. The molecule has 73 valence electrons. The Hall–Kier alpha value is -1.59. The predicted octanol–water partition coefficient (Wildman–Crippen LogP) is 0.290. The number of rotatable bonds is 2. The van der Waals surface area contributed by atoms with E-state index in [0.29, 0.717) is 0 Å². The van der Waals surface area contributed by atoms with Crippen LogP contribution in [-0.2, 0) is 4.79 Å². The molecule has 0 aliphatic rings. The van der Waals surface area contributed by atoms with Gasteiger partial charge in [-0.3, -0.25) is 0 Å². The fourth-order valence-electron chi connectivity index (χ4n) is 0.732. The molecule has 14 heavy (non-hydrogen) atoms. The summed E-state index contributed by atoms with van der Waals surface area (Å²) in [5.74, 6) is -0.922. The number of aliphatic carboxylic acids is 1. The molecular formula is C9H10BO4. The summed E-state index contributed by atoms with van der Waals surface area (Å²) in [6.45, 7) is 0. The minimum absolute atomic E-state index is 0. The van der Waals surface area contributed by atoms with Gasteiger partial charge in [-0.2, -0.15) is 0 Å². The first-order valence-corrected chi connectivity index (χ1v) is 3.77. The first-order valence-electron chi connectivity index (χ1n) is 3.77. The van der Waals surface area contributed by atoms with Crippen LogP contribution in [0.3, 0.4) is 0 Å². The normalized spacial score (nSPS) is 9.00. The molecule has 0 fully saturated rings. The number of hydrogen-bond donors (Lipinski definition) is 3.